The van der Waals surface area contributed by atoms with Crippen LogP contribution in [0.15, 0.2) is 12.2 Å². The van der Waals surface area contributed by atoms with Gasteiger partial charge in [0, 0.05) is 17.4 Å². The van der Waals surface area contributed by atoms with Crippen molar-refractivity contribution in [2.24, 2.45) is 17.3 Å². The lowest BCUT2D eigenvalue weighted by molar-refractivity contribution is -0.159. The molecule has 2 saturated carbocycles. The Hall–Kier alpha value is -0.163. The van der Waals surface area contributed by atoms with Gasteiger partial charge >= 0.3 is 0 Å². The number of rotatable bonds is 2. The van der Waals surface area contributed by atoms with Gasteiger partial charge in [-0.15, -0.1) is 0 Å². The summed E-state index contributed by atoms with van der Waals surface area (Å²) in [6.07, 6.45) is 10.6. The first kappa shape index (κ1) is 18.2. The van der Waals surface area contributed by atoms with Crippen LogP contribution in [0.1, 0.15) is 60.3 Å². The summed E-state index contributed by atoms with van der Waals surface area (Å²) in [4.78, 5) is 0. The molecule has 25 heavy (non-hydrogen) atoms. The van der Waals surface area contributed by atoms with Crippen molar-refractivity contribution in [3.63, 3.8) is 0 Å². The minimum atomic E-state index is -1.70. The van der Waals surface area contributed by atoms with Crippen LogP contribution in [0.5, 0.6) is 0 Å². The third kappa shape index (κ3) is 2.79. The van der Waals surface area contributed by atoms with E-state index >= 15 is 0 Å². The highest BCUT2D eigenvalue weighted by atomic mass is 28.4. The average molecular weight is 365 g/mol. The van der Waals surface area contributed by atoms with Gasteiger partial charge in [-0.2, -0.15) is 0 Å². The van der Waals surface area contributed by atoms with Crippen molar-refractivity contribution in [1.29, 1.82) is 0 Å². The van der Waals surface area contributed by atoms with Gasteiger partial charge in [-0.25, -0.2) is 0 Å². The molecule has 0 aromatic rings. The molecule has 0 N–H and O–H groups in total. The van der Waals surface area contributed by atoms with Crippen LogP contribution in [0, 0.1) is 17.3 Å². The summed E-state index contributed by atoms with van der Waals surface area (Å²) in [7, 11) is -1.70. The predicted octanol–water partition coefficient (Wildman–Crippen LogP) is 5.27. The second-order valence-electron chi connectivity index (χ2n) is 10.9. The van der Waals surface area contributed by atoms with E-state index in [0.29, 0.717) is 17.9 Å². The Bertz CT molecular complexity index is 576. The number of hydrogen-bond donors (Lipinski definition) is 0. The largest absolute Gasteiger partial charge is 0.414 e. The molecule has 142 valence electrons. The van der Waals surface area contributed by atoms with Gasteiger partial charge in [-0.1, -0.05) is 32.9 Å². The second-order valence-corrected chi connectivity index (χ2v) is 15.6. The molecule has 0 radical (unpaired) electrons. The average Bonchev–Trinajstić information content (AvgIpc) is 2.82. The van der Waals surface area contributed by atoms with E-state index in [1.807, 2.05) is 0 Å². The molecule has 1 saturated heterocycles. The molecule has 4 aliphatic carbocycles. The molecule has 0 amide bonds. The highest BCUT2D eigenvalue weighted by Gasteiger charge is 2.63. The predicted molar refractivity (Wildman–Crippen MR) is 103 cm³/mol. The smallest absolute Gasteiger partial charge is 0.192 e. The molecular weight excluding hydrogens is 328 g/mol. The van der Waals surface area contributed by atoms with Gasteiger partial charge in [-0.05, 0) is 63.6 Å². The van der Waals surface area contributed by atoms with Crippen LogP contribution >= 0.6 is 0 Å². The minimum Gasteiger partial charge on any atom is -0.414 e. The van der Waals surface area contributed by atoms with Crippen molar-refractivity contribution in [3.05, 3.63) is 12.2 Å². The highest BCUT2D eigenvalue weighted by Crippen LogP contribution is 2.61. The van der Waals surface area contributed by atoms with Crippen molar-refractivity contribution in [1.82, 2.24) is 0 Å². The second kappa shape index (κ2) is 5.43. The molecule has 0 aromatic heterocycles. The van der Waals surface area contributed by atoms with E-state index in [0.717, 1.165) is 6.42 Å². The molecule has 1 spiro atoms. The summed E-state index contributed by atoms with van der Waals surface area (Å²) in [6.45, 7) is 15.9. The van der Waals surface area contributed by atoms with Crippen molar-refractivity contribution in [2.45, 2.75) is 103 Å². The molecule has 3 fully saturated rings. The number of hydrogen-bond acceptors (Lipinski definition) is 3. The van der Waals surface area contributed by atoms with Crippen LogP contribution in [0.3, 0.4) is 0 Å². The molecule has 6 atom stereocenters. The van der Waals surface area contributed by atoms with Gasteiger partial charge in [0.2, 0.25) is 0 Å². The Morgan fingerprint density at radius 2 is 1.84 bits per heavy atom. The lowest BCUT2D eigenvalue weighted by Gasteiger charge is -2.57. The minimum absolute atomic E-state index is 0.181. The standard InChI is InChI=1S/C21H36O3Si/c1-19(2,3)25(6,7)24-16-9-11-21-10-8-14(12-15(21)13-16)17-18(21)23-20(4,5)22-17/h8,10,14-18H,9,11-13H2,1-7H3/t14-,15?,16-,17+,18+,21-/m1/s1. The summed E-state index contributed by atoms with van der Waals surface area (Å²) in [6, 6.07) is 0. The fraction of sp³-hybridized carbons (Fsp3) is 0.905. The number of ether oxygens (including phenoxy) is 2. The van der Waals surface area contributed by atoms with E-state index in [1.165, 1.54) is 19.3 Å². The van der Waals surface area contributed by atoms with Gasteiger partial charge in [0.1, 0.15) is 0 Å². The van der Waals surface area contributed by atoms with E-state index in [2.05, 4.69) is 59.9 Å². The van der Waals surface area contributed by atoms with E-state index in [-0.39, 0.29) is 22.7 Å². The lowest BCUT2D eigenvalue weighted by Crippen LogP contribution is -2.59. The third-order valence-corrected chi connectivity index (χ3v) is 12.3. The summed E-state index contributed by atoms with van der Waals surface area (Å²) in [5.74, 6) is 0.769. The fourth-order valence-electron chi connectivity index (χ4n) is 5.45. The monoisotopic (exact) mass is 364 g/mol. The topological polar surface area (TPSA) is 27.7 Å². The normalized spacial score (nSPS) is 45.3. The first-order valence-corrected chi connectivity index (χ1v) is 13.1. The molecular formula is C21H36O3Si. The van der Waals surface area contributed by atoms with Gasteiger partial charge in [0.25, 0.3) is 0 Å². The van der Waals surface area contributed by atoms with E-state index in [9.17, 15) is 0 Å². The van der Waals surface area contributed by atoms with Gasteiger partial charge in [-0.3, -0.25) is 0 Å². The van der Waals surface area contributed by atoms with Crippen molar-refractivity contribution >= 4 is 8.32 Å². The first-order valence-electron chi connectivity index (χ1n) is 10.2. The van der Waals surface area contributed by atoms with Crippen LogP contribution in [0.2, 0.25) is 18.1 Å². The van der Waals surface area contributed by atoms with Gasteiger partial charge in [0.15, 0.2) is 14.1 Å². The van der Waals surface area contributed by atoms with Crippen LogP contribution in [0.4, 0.5) is 0 Å². The molecule has 4 heteroatoms. The van der Waals surface area contributed by atoms with Crippen molar-refractivity contribution < 1.29 is 13.9 Å². The Morgan fingerprint density at radius 1 is 1.12 bits per heavy atom. The zero-order valence-corrected chi connectivity index (χ0v) is 18.1. The molecule has 5 rings (SSSR count). The van der Waals surface area contributed by atoms with Crippen LogP contribution in [-0.4, -0.2) is 32.4 Å². The molecule has 1 aliphatic heterocycles. The summed E-state index contributed by atoms with van der Waals surface area (Å²) >= 11 is 0. The van der Waals surface area contributed by atoms with Gasteiger partial charge < -0.3 is 13.9 Å². The van der Waals surface area contributed by atoms with E-state index in [1.54, 1.807) is 0 Å². The Morgan fingerprint density at radius 3 is 2.52 bits per heavy atom. The van der Waals surface area contributed by atoms with Crippen molar-refractivity contribution in [3.8, 4) is 0 Å². The molecule has 1 unspecified atom stereocenters. The molecule has 5 aliphatic rings. The zero-order chi connectivity index (χ0) is 18.3. The van der Waals surface area contributed by atoms with Crippen LogP contribution < -0.4 is 0 Å². The maximum atomic E-state index is 6.79. The molecule has 2 bridgehead atoms. The summed E-state index contributed by atoms with van der Waals surface area (Å²) < 4.78 is 19.5. The highest BCUT2D eigenvalue weighted by molar-refractivity contribution is 6.74. The first-order chi connectivity index (χ1) is 11.4. The summed E-state index contributed by atoms with van der Waals surface area (Å²) in [5, 5.41) is 0.283. The Kier molecular flexibility index (Phi) is 3.96. The van der Waals surface area contributed by atoms with E-state index in [4.69, 9.17) is 13.9 Å². The fourth-order valence-corrected chi connectivity index (χ4v) is 6.85. The van der Waals surface area contributed by atoms with E-state index < -0.39 is 14.1 Å². The maximum absolute atomic E-state index is 6.79. The molecule has 3 nitrogen and oxygen atoms in total. The third-order valence-electron chi connectivity index (χ3n) is 7.77. The zero-order valence-electron chi connectivity index (χ0n) is 17.1. The molecule has 1 heterocycles. The Labute approximate surface area is 154 Å². The SMILES string of the molecule is CC1(C)O[C@H]2[C@@H]3C=C[C@]4(CC[C@@H](O[Si](C)(C)C(C)(C)C)CC4C3)[C@H]2O1. The molecule has 0 aromatic carbocycles. The van der Waals surface area contributed by atoms with Gasteiger partial charge in [0.05, 0.1) is 12.2 Å². The quantitative estimate of drug-likeness (QED) is 0.493. The van der Waals surface area contributed by atoms with Crippen LogP contribution in [-0.2, 0) is 13.9 Å². The Balaban J connectivity index is 1.52. The van der Waals surface area contributed by atoms with Crippen LogP contribution in [0.25, 0.3) is 0 Å². The lowest BCUT2D eigenvalue weighted by atomic mass is 9.51. The summed E-state index contributed by atoms with van der Waals surface area (Å²) in [5.41, 5.74) is 0.181. The van der Waals surface area contributed by atoms with Crippen molar-refractivity contribution in [2.75, 3.05) is 0 Å². The maximum Gasteiger partial charge on any atom is 0.192 e.